The lowest BCUT2D eigenvalue weighted by Crippen LogP contribution is -2.52. The van der Waals surface area contributed by atoms with Gasteiger partial charge in [0.1, 0.15) is 0 Å². The van der Waals surface area contributed by atoms with Crippen molar-refractivity contribution in [1.29, 1.82) is 0 Å². The first-order valence-corrected chi connectivity index (χ1v) is 7.52. The Balaban J connectivity index is 2.53. The Morgan fingerprint density at radius 3 is 2.55 bits per heavy atom. The van der Waals surface area contributed by atoms with E-state index in [1.165, 1.54) is 4.90 Å². The summed E-state index contributed by atoms with van der Waals surface area (Å²) < 4.78 is 37.3. The third-order valence-corrected chi connectivity index (χ3v) is 4.41. The molecule has 0 saturated heterocycles. The highest BCUT2D eigenvalue weighted by atomic mass is 19.4. The molecule has 120 valence electrons. The number of aliphatic hydroxyl groups is 1. The van der Waals surface area contributed by atoms with Crippen LogP contribution in [0.2, 0.25) is 0 Å². The number of likely N-dealkylation sites (N-methyl/N-ethyl adjacent to an activating group) is 1. The fraction of sp³-hybridized carbons (Fsp3) is 1.00. The molecule has 3 nitrogen and oxygen atoms in total. The lowest BCUT2D eigenvalue weighted by Gasteiger charge is -2.36. The summed E-state index contributed by atoms with van der Waals surface area (Å²) in [6, 6.07) is 0. The molecule has 0 spiro atoms. The van der Waals surface area contributed by atoms with Crippen molar-refractivity contribution < 1.29 is 18.3 Å². The molecule has 1 aliphatic rings. The smallest absolute Gasteiger partial charge is 0.394 e. The molecule has 0 radical (unpaired) electrons. The first-order valence-electron chi connectivity index (χ1n) is 7.52. The van der Waals surface area contributed by atoms with E-state index in [0.29, 0.717) is 19.5 Å². The van der Waals surface area contributed by atoms with Crippen molar-refractivity contribution in [3.05, 3.63) is 0 Å². The Morgan fingerprint density at radius 1 is 1.35 bits per heavy atom. The topological polar surface area (TPSA) is 35.5 Å². The van der Waals surface area contributed by atoms with Crippen LogP contribution in [0.4, 0.5) is 13.2 Å². The van der Waals surface area contributed by atoms with Gasteiger partial charge in [0.05, 0.1) is 13.2 Å². The number of nitrogens with one attached hydrogen (secondary N) is 1. The largest absolute Gasteiger partial charge is 0.401 e. The summed E-state index contributed by atoms with van der Waals surface area (Å²) in [5, 5.41) is 13.0. The molecule has 6 heteroatoms. The van der Waals surface area contributed by atoms with E-state index in [4.69, 9.17) is 0 Å². The molecule has 0 bridgehead atoms. The van der Waals surface area contributed by atoms with Gasteiger partial charge in [-0.3, -0.25) is 4.90 Å². The van der Waals surface area contributed by atoms with Crippen LogP contribution in [0.3, 0.4) is 0 Å². The summed E-state index contributed by atoms with van der Waals surface area (Å²) in [5.74, 6) is 0.259. The molecule has 1 fully saturated rings. The molecule has 2 atom stereocenters. The van der Waals surface area contributed by atoms with E-state index in [1.807, 2.05) is 6.92 Å². The van der Waals surface area contributed by atoms with E-state index in [2.05, 4.69) is 5.32 Å². The maximum atomic E-state index is 12.4. The minimum Gasteiger partial charge on any atom is -0.394 e. The van der Waals surface area contributed by atoms with Crippen molar-refractivity contribution in [3.8, 4) is 0 Å². The van der Waals surface area contributed by atoms with Crippen LogP contribution < -0.4 is 5.32 Å². The molecule has 0 aromatic heterocycles. The predicted octanol–water partition coefficient (Wildman–Crippen LogP) is 2.40. The molecule has 1 aliphatic carbocycles. The summed E-state index contributed by atoms with van der Waals surface area (Å²) >= 11 is 0. The Bertz CT molecular complexity index is 286. The highest BCUT2D eigenvalue weighted by Crippen LogP contribution is 2.37. The van der Waals surface area contributed by atoms with Gasteiger partial charge in [-0.2, -0.15) is 13.2 Å². The van der Waals surface area contributed by atoms with Crippen molar-refractivity contribution in [1.82, 2.24) is 10.2 Å². The van der Waals surface area contributed by atoms with Crippen LogP contribution in [-0.2, 0) is 0 Å². The molecule has 2 unspecified atom stereocenters. The third-order valence-electron chi connectivity index (χ3n) is 4.41. The number of hydrogen-bond donors (Lipinski definition) is 2. The number of nitrogens with zero attached hydrogens (tertiary/aromatic N) is 1. The van der Waals surface area contributed by atoms with Crippen molar-refractivity contribution in [2.75, 3.05) is 32.8 Å². The van der Waals surface area contributed by atoms with Crippen LogP contribution in [0.25, 0.3) is 0 Å². The van der Waals surface area contributed by atoms with Crippen LogP contribution in [0.5, 0.6) is 0 Å². The fourth-order valence-electron chi connectivity index (χ4n) is 3.35. The summed E-state index contributed by atoms with van der Waals surface area (Å²) in [6.07, 6.45) is -0.507. The molecule has 2 N–H and O–H groups in total. The highest BCUT2D eigenvalue weighted by molar-refractivity contribution is 4.98. The molecule has 0 aromatic rings. The Hall–Kier alpha value is -0.330. The molecule has 0 aromatic carbocycles. The normalized spacial score (nSPS) is 27.4. The summed E-state index contributed by atoms with van der Waals surface area (Å²) in [7, 11) is 0. The number of rotatable bonds is 8. The highest BCUT2D eigenvalue weighted by Gasteiger charge is 2.41. The minimum atomic E-state index is -4.14. The van der Waals surface area contributed by atoms with Crippen molar-refractivity contribution in [2.24, 2.45) is 5.92 Å². The van der Waals surface area contributed by atoms with E-state index in [0.717, 1.165) is 25.8 Å². The minimum absolute atomic E-state index is 0.0664. The van der Waals surface area contributed by atoms with E-state index in [-0.39, 0.29) is 18.1 Å². The Labute approximate surface area is 119 Å². The van der Waals surface area contributed by atoms with E-state index in [1.54, 1.807) is 6.92 Å². The zero-order chi connectivity index (χ0) is 15.2. The van der Waals surface area contributed by atoms with Gasteiger partial charge in [0.25, 0.3) is 0 Å². The maximum absolute atomic E-state index is 12.4. The van der Waals surface area contributed by atoms with Crippen molar-refractivity contribution >= 4 is 0 Å². The molecular weight excluding hydrogens is 269 g/mol. The van der Waals surface area contributed by atoms with Gasteiger partial charge in [-0.05, 0) is 44.8 Å². The van der Waals surface area contributed by atoms with Gasteiger partial charge in [-0.15, -0.1) is 0 Å². The molecular formula is C14H27F3N2O. The maximum Gasteiger partial charge on any atom is 0.401 e. The average molecular weight is 296 g/mol. The van der Waals surface area contributed by atoms with Gasteiger partial charge in [0.15, 0.2) is 0 Å². The number of aliphatic hydroxyl groups excluding tert-OH is 1. The van der Waals surface area contributed by atoms with E-state index in [9.17, 15) is 18.3 Å². The Morgan fingerprint density at radius 2 is 2.05 bits per heavy atom. The third kappa shape index (κ3) is 4.90. The van der Waals surface area contributed by atoms with Gasteiger partial charge in [-0.1, -0.05) is 20.3 Å². The SMILES string of the molecule is CCNC1(CO)CCCC1CCN(CC)CC(F)(F)F. The van der Waals surface area contributed by atoms with E-state index >= 15 is 0 Å². The zero-order valence-electron chi connectivity index (χ0n) is 12.5. The van der Waals surface area contributed by atoms with Crippen LogP contribution in [0.1, 0.15) is 39.5 Å². The standard InChI is InChI=1S/C14H27F3N2O/c1-3-18-13(11-20)8-5-6-12(13)7-9-19(4-2)10-14(15,16)17/h12,18,20H,3-11H2,1-2H3. The molecule has 0 amide bonds. The second kappa shape index (κ2) is 7.61. The first kappa shape index (κ1) is 17.7. The number of hydrogen-bond acceptors (Lipinski definition) is 3. The molecule has 20 heavy (non-hydrogen) atoms. The zero-order valence-corrected chi connectivity index (χ0v) is 12.5. The van der Waals surface area contributed by atoms with Gasteiger partial charge in [0, 0.05) is 5.54 Å². The predicted molar refractivity (Wildman–Crippen MR) is 73.6 cm³/mol. The molecule has 0 heterocycles. The van der Waals surface area contributed by atoms with Crippen LogP contribution in [0, 0.1) is 5.92 Å². The van der Waals surface area contributed by atoms with Gasteiger partial charge < -0.3 is 10.4 Å². The van der Waals surface area contributed by atoms with Gasteiger partial charge >= 0.3 is 6.18 Å². The lowest BCUT2D eigenvalue weighted by molar-refractivity contribution is -0.146. The lowest BCUT2D eigenvalue weighted by atomic mass is 9.85. The molecule has 1 saturated carbocycles. The van der Waals surface area contributed by atoms with Gasteiger partial charge in [0.2, 0.25) is 0 Å². The Kier molecular flexibility index (Phi) is 6.75. The van der Waals surface area contributed by atoms with Crippen molar-refractivity contribution in [2.45, 2.75) is 51.2 Å². The summed E-state index contributed by atoms with van der Waals surface area (Å²) in [4.78, 5) is 1.44. The molecule has 1 rings (SSSR count). The van der Waals surface area contributed by atoms with Crippen LogP contribution in [-0.4, -0.2) is 54.5 Å². The fourth-order valence-corrected chi connectivity index (χ4v) is 3.35. The number of alkyl halides is 3. The van der Waals surface area contributed by atoms with Crippen molar-refractivity contribution in [3.63, 3.8) is 0 Å². The first-order chi connectivity index (χ1) is 9.37. The summed E-state index contributed by atoms with van der Waals surface area (Å²) in [6.45, 7) is 4.59. The van der Waals surface area contributed by atoms with E-state index < -0.39 is 12.7 Å². The van der Waals surface area contributed by atoms with Crippen LogP contribution in [0.15, 0.2) is 0 Å². The van der Waals surface area contributed by atoms with Crippen LogP contribution >= 0.6 is 0 Å². The van der Waals surface area contributed by atoms with Gasteiger partial charge in [-0.25, -0.2) is 0 Å². The summed E-state index contributed by atoms with van der Waals surface area (Å²) in [5.41, 5.74) is -0.285. The average Bonchev–Trinajstić information content (AvgIpc) is 2.77. The quantitative estimate of drug-likeness (QED) is 0.722. The monoisotopic (exact) mass is 296 g/mol. The second-order valence-electron chi connectivity index (χ2n) is 5.71. The molecule has 0 aliphatic heterocycles. The number of halogens is 3. The second-order valence-corrected chi connectivity index (χ2v) is 5.71.